The molecule has 0 unspecified atom stereocenters. The summed E-state index contributed by atoms with van der Waals surface area (Å²) in [5, 5.41) is 15.8. The van der Waals surface area contributed by atoms with Crippen molar-refractivity contribution in [2.75, 3.05) is 21.3 Å². The number of methoxy groups -OCH3 is 2. The normalized spacial score (nSPS) is 12.0. The van der Waals surface area contributed by atoms with Crippen LogP contribution >= 0.6 is 11.3 Å². The summed E-state index contributed by atoms with van der Waals surface area (Å²) in [5.41, 5.74) is 4.08. The summed E-state index contributed by atoms with van der Waals surface area (Å²) in [4.78, 5) is 5.11. The summed E-state index contributed by atoms with van der Waals surface area (Å²) in [7, 11) is 5.01. The maximum absolute atomic E-state index is 8.98. The first-order chi connectivity index (χ1) is 13.6. The van der Waals surface area contributed by atoms with Crippen molar-refractivity contribution in [2.45, 2.75) is 6.92 Å². The summed E-state index contributed by atoms with van der Waals surface area (Å²) >= 11 is 1.50. The number of ether oxygens (including phenoxy) is 2. The molecule has 2 aromatic carbocycles. The van der Waals surface area contributed by atoms with Gasteiger partial charge in [-0.1, -0.05) is 12.1 Å². The minimum absolute atomic E-state index is 0.616. The molecule has 3 aromatic rings. The Bertz CT molecular complexity index is 1120. The van der Waals surface area contributed by atoms with E-state index in [1.807, 2.05) is 42.6 Å². The van der Waals surface area contributed by atoms with E-state index in [2.05, 4.69) is 11.1 Å². The van der Waals surface area contributed by atoms with Crippen LogP contribution in [-0.4, -0.2) is 31.7 Å². The van der Waals surface area contributed by atoms with Crippen molar-refractivity contribution in [3.05, 3.63) is 63.8 Å². The third-order valence-electron chi connectivity index (χ3n) is 4.24. The molecule has 7 heteroatoms. The van der Waals surface area contributed by atoms with Gasteiger partial charge in [0.15, 0.2) is 0 Å². The second-order valence-electron chi connectivity index (χ2n) is 5.88. The number of hydrogen-bond donors (Lipinski definition) is 0. The van der Waals surface area contributed by atoms with Gasteiger partial charge in [-0.25, -0.2) is 4.68 Å². The van der Waals surface area contributed by atoms with Crippen LogP contribution in [0.25, 0.3) is 11.3 Å². The summed E-state index contributed by atoms with van der Waals surface area (Å²) in [6.45, 7) is 1.93. The maximum Gasteiger partial charge on any atom is 0.205 e. The molecule has 0 amide bonds. The predicted octanol–water partition coefficient (Wildman–Crippen LogP) is 3.91. The van der Waals surface area contributed by atoms with Gasteiger partial charge in [0.1, 0.15) is 11.5 Å². The molecule has 0 fully saturated rings. The Labute approximate surface area is 167 Å². The van der Waals surface area contributed by atoms with Crippen molar-refractivity contribution in [1.29, 1.82) is 5.26 Å². The fourth-order valence-electron chi connectivity index (χ4n) is 2.74. The van der Waals surface area contributed by atoms with Gasteiger partial charge in [-0.3, -0.25) is 4.99 Å². The first-order valence-corrected chi connectivity index (χ1v) is 9.41. The molecule has 0 radical (unpaired) electrons. The Morgan fingerprint density at radius 3 is 2.46 bits per heavy atom. The highest BCUT2D eigenvalue weighted by molar-refractivity contribution is 7.07. The van der Waals surface area contributed by atoms with E-state index < -0.39 is 0 Å². The molecule has 1 heterocycles. The van der Waals surface area contributed by atoms with Crippen LogP contribution in [0.5, 0.6) is 11.5 Å². The SMILES string of the molecule is CN=c1scc(-c2cc(OC)ccc2OC)n1N=C(C)c1ccc(C#N)cc1. The van der Waals surface area contributed by atoms with Gasteiger partial charge in [-0.15, -0.1) is 11.3 Å². The first kappa shape index (κ1) is 19.4. The van der Waals surface area contributed by atoms with Gasteiger partial charge in [-0.2, -0.15) is 10.4 Å². The van der Waals surface area contributed by atoms with Crippen LogP contribution in [0.1, 0.15) is 18.1 Å². The number of nitrogens with zero attached hydrogens (tertiary/aromatic N) is 4. The molecule has 28 heavy (non-hydrogen) atoms. The second-order valence-corrected chi connectivity index (χ2v) is 6.72. The van der Waals surface area contributed by atoms with Gasteiger partial charge in [0.05, 0.1) is 37.3 Å². The Kier molecular flexibility index (Phi) is 5.92. The van der Waals surface area contributed by atoms with Crippen LogP contribution in [0.3, 0.4) is 0 Å². The highest BCUT2D eigenvalue weighted by atomic mass is 32.1. The lowest BCUT2D eigenvalue weighted by atomic mass is 10.1. The third kappa shape index (κ3) is 3.82. The number of rotatable bonds is 5. The van der Waals surface area contributed by atoms with Crippen molar-refractivity contribution in [2.24, 2.45) is 10.1 Å². The van der Waals surface area contributed by atoms with Crippen LogP contribution in [-0.2, 0) is 0 Å². The quantitative estimate of drug-likeness (QED) is 0.618. The zero-order valence-electron chi connectivity index (χ0n) is 16.1. The molecule has 0 saturated carbocycles. The summed E-state index contributed by atoms with van der Waals surface area (Å²) < 4.78 is 12.7. The topological polar surface area (TPSA) is 71.9 Å². The number of thiazole rings is 1. The van der Waals surface area contributed by atoms with Crippen molar-refractivity contribution < 1.29 is 9.47 Å². The van der Waals surface area contributed by atoms with Crippen LogP contribution in [0.2, 0.25) is 0 Å². The van der Waals surface area contributed by atoms with E-state index >= 15 is 0 Å². The Balaban J connectivity index is 2.15. The summed E-state index contributed by atoms with van der Waals surface area (Å²) in [6, 6.07) is 15.1. The van der Waals surface area contributed by atoms with E-state index in [0.29, 0.717) is 5.56 Å². The molecule has 0 spiro atoms. The molecule has 0 aliphatic rings. The lowest BCUT2D eigenvalue weighted by Crippen LogP contribution is -2.14. The van der Waals surface area contributed by atoms with Crippen molar-refractivity contribution in [3.63, 3.8) is 0 Å². The van der Waals surface area contributed by atoms with Gasteiger partial charge in [-0.05, 0) is 42.8 Å². The fourth-order valence-corrected chi connectivity index (χ4v) is 3.53. The molecule has 142 valence electrons. The van der Waals surface area contributed by atoms with Crippen LogP contribution in [0, 0.1) is 11.3 Å². The average molecular weight is 392 g/mol. The molecule has 0 aliphatic heterocycles. The van der Waals surface area contributed by atoms with Crippen molar-refractivity contribution in [1.82, 2.24) is 4.68 Å². The van der Waals surface area contributed by atoms with E-state index in [-0.39, 0.29) is 0 Å². The first-order valence-electron chi connectivity index (χ1n) is 8.53. The van der Waals surface area contributed by atoms with Crippen molar-refractivity contribution in [3.8, 4) is 28.8 Å². The van der Waals surface area contributed by atoms with E-state index in [1.165, 1.54) is 11.3 Å². The molecular weight excluding hydrogens is 372 g/mol. The molecule has 0 N–H and O–H groups in total. The monoisotopic (exact) mass is 392 g/mol. The number of benzene rings is 2. The molecule has 0 saturated heterocycles. The number of nitriles is 1. The highest BCUT2D eigenvalue weighted by Crippen LogP contribution is 2.33. The van der Waals surface area contributed by atoms with E-state index in [4.69, 9.17) is 19.8 Å². The van der Waals surface area contributed by atoms with Gasteiger partial charge >= 0.3 is 0 Å². The Hall–Kier alpha value is -3.37. The molecular formula is C21H20N4O2S. The lowest BCUT2D eigenvalue weighted by Gasteiger charge is -2.11. The zero-order valence-corrected chi connectivity index (χ0v) is 16.9. The largest absolute Gasteiger partial charge is 0.497 e. The maximum atomic E-state index is 8.98. The summed E-state index contributed by atoms with van der Waals surface area (Å²) in [5.74, 6) is 1.46. The van der Waals surface area contributed by atoms with Gasteiger partial charge in [0.25, 0.3) is 0 Å². The number of aromatic nitrogens is 1. The molecule has 0 bridgehead atoms. The minimum Gasteiger partial charge on any atom is -0.497 e. The minimum atomic E-state index is 0.616. The standard InChI is InChI=1S/C21H20N4O2S/c1-14(16-7-5-15(12-22)6-8-16)24-25-19(13-28-21(25)23-2)18-11-17(26-3)9-10-20(18)27-4/h5-11,13H,1-4H3. The van der Waals surface area contributed by atoms with E-state index in [9.17, 15) is 0 Å². The third-order valence-corrected chi connectivity index (χ3v) is 5.15. The van der Waals surface area contributed by atoms with Crippen LogP contribution in [0.15, 0.2) is 57.9 Å². The lowest BCUT2D eigenvalue weighted by molar-refractivity contribution is 0.404. The van der Waals surface area contributed by atoms with Gasteiger partial charge in [0.2, 0.25) is 4.80 Å². The zero-order chi connectivity index (χ0) is 20.1. The summed E-state index contributed by atoms with van der Waals surface area (Å²) in [6.07, 6.45) is 0. The Morgan fingerprint density at radius 2 is 1.86 bits per heavy atom. The highest BCUT2D eigenvalue weighted by Gasteiger charge is 2.14. The smallest absolute Gasteiger partial charge is 0.205 e. The molecule has 0 aliphatic carbocycles. The average Bonchev–Trinajstić information content (AvgIpc) is 3.15. The molecule has 3 rings (SSSR count). The van der Waals surface area contributed by atoms with Crippen molar-refractivity contribution >= 4 is 17.0 Å². The fraction of sp³-hybridized carbons (Fsp3) is 0.190. The molecule has 6 nitrogen and oxygen atoms in total. The number of hydrogen-bond acceptors (Lipinski definition) is 6. The molecule has 1 aromatic heterocycles. The van der Waals surface area contributed by atoms with Gasteiger partial charge in [0, 0.05) is 18.0 Å². The Morgan fingerprint density at radius 1 is 1.11 bits per heavy atom. The predicted molar refractivity (Wildman–Crippen MR) is 111 cm³/mol. The molecule has 0 atom stereocenters. The van der Waals surface area contributed by atoms with Gasteiger partial charge < -0.3 is 9.47 Å². The second kappa shape index (κ2) is 8.55. The van der Waals surface area contributed by atoms with E-state index in [0.717, 1.165) is 38.8 Å². The van der Waals surface area contributed by atoms with Crippen LogP contribution in [0.4, 0.5) is 0 Å². The van der Waals surface area contributed by atoms with Crippen LogP contribution < -0.4 is 14.3 Å². The van der Waals surface area contributed by atoms with E-state index in [1.54, 1.807) is 38.1 Å².